The minimum Gasteiger partial charge on any atom is -0.0654 e. The molecule has 0 spiro atoms. The number of hydrogen-bond acceptors (Lipinski definition) is 0. The fourth-order valence-electron chi connectivity index (χ4n) is 5.14. The van der Waals surface area contributed by atoms with Crippen molar-refractivity contribution in [3.05, 3.63) is 34.9 Å². The SMILES string of the molecule is CCCCCCCCC1CCC2Cc3c(C)cccc3CC12. The van der Waals surface area contributed by atoms with Crippen LogP contribution in [0.3, 0.4) is 0 Å². The van der Waals surface area contributed by atoms with E-state index in [1.54, 1.807) is 11.1 Å². The van der Waals surface area contributed by atoms with Crippen LogP contribution < -0.4 is 0 Å². The van der Waals surface area contributed by atoms with Gasteiger partial charge in [0.2, 0.25) is 0 Å². The quantitative estimate of drug-likeness (QED) is 0.505. The summed E-state index contributed by atoms with van der Waals surface area (Å²) in [6, 6.07) is 6.98. The number of unbranched alkanes of at least 4 members (excludes halogenated alkanes) is 5. The summed E-state index contributed by atoms with van der Waals surface area (Å²) in [6.07, 6.45) is 16.0. The van der Waals surface area contributed by atoms with Crippen LogP contribution in [0, 0.1) is 24.7 Å². The van der Waals surface area contributed by atoms with Crippen molar-refractivity contribution < 1.29 is 0 Å². The fraction of sp³-hybridized carbons (Fsp3) is 0.727. The van der Waals surface area contributed by atoms with Crippen molar-refractivity contribution in [3.63, 3.8) is 0 Å². The van der Waals surface area contributed by atoms with E-state index in [9.17, 15) is 0 Å². The molecule has 0 N–H and O–H groups in total. The molecule has 3 rings (SSSR count). The average molecular weight is 299 g/mol. The van der Waals surface area contributed by atoms with Crippen LogP contribution in [0.4, 0.5) is 0 Å². The van der Waals surface area contributed by atoms with Gasteiger partial charge in [-0.15, -0.1) is 0 Å². The highest BCUT2D eigenvalue weighted by molar-refractivity contribution is 5.37. The Balaban J connectivity index is 1.51. The highest BCUT2D eigenvalue weighted by Gasteiger charge is 2.38. The number of aryl methyl sites for hydroxylation is 1. The predicted molar refractivity (Wildman–Crippen MR) is 96.3 cm³/mol. The van der Waals surface area contributed by atoms with E-state index in [-0.39, 0.29) is 0 Å². The Labute approximate surface area is 137 Å². The number of fused-ring (bicyclic) bond motifs is 2. The topological polar surface area (TPSA) is 0 Å². The first-order chi connectivity index (χ1) is 10.8. The van der Waals surface area contributed by atoms with E-state index in [4.69, 9.17) is 0 Å². The van der Waals surface area contributed by atoms with E-state index in [0.717, 1.165) is 17.8 Å². The van der Waals surface area contributed by atoms with Gasteiger partial charge in [-0.05, 0) is 67.1 Å². The molecule has 2 aliphatic carbocycles. The van der Waals surface area contributed by atoms with E-state index >= 15 is 0 Å². The Morgan fingerprint density at radius 3 is 2.64 bits per heavy atom. The van der Waals surface area contributed by atoms with Gasteiger partial charge in [0.25, 0.3) is 0 Å². The zero-order valence-corrected chi connectivity index (χ0v) is 14.7. The van der Waals surface area contributed by atoms with Crippen molar-refractivity contribution in [2.75, 3.05) is 0 Å². The van der Waals surface area contributed by atoms with Crippen LogP contribution in [-0.2, 0) is 12.8 Å². The highest BCUT2D eigenvalue weighted by Crippen LogP contribution is 2.47. The molecule has 3 unspecified atom stereocenters. The van der Waals surface area contributed by atoms with Gasteiger partial charge in [0.05, 0.1) is 0 Å². The lowest BCUT2D eigenvalue weighted by atomic mass is 9.73. The summed E-state index contributed by atoms with van der Waals surface area (Å²) in [6.45, 7) is 4.61. The Kier molecular flexibility index (Phi) is 5.61. The number of benzene rings is 1. The lowest BCUT2D eigenvalue weighted by Crippen LogP contribution is -2.25. The number of hydrogen-bond donors (Lipinski definition) is 0. The monoisotopic (exact) mass is 298 g/mol. The normalized spacial score (nSPS) is 26.7. The molecular weight excluding hydrogens is 264 g/mol. The van der Waals surface area contributed by atoms with Crippen LogP contribution in [-0.4, -0.2) is 0 Å². The molecule has 0 saturated heterocycles. The summed E-state index contributed by atoms with van der Waals surface area (Å²) in [4.78, 5) is 0. The first kappa shape index (κ1) is 16.1. The maximum Gasteiger partial charge on any atom is -0.0242 e. The molecule has 0 amide bonds. The molecular formula is C22H34. The third kappa shape index (κ3) is 3.58. The summed E-state index contributed by atoms with van der Waals surface area (Å²) in [5.74, 6) is 3.04. The van der Waals surface area contributed by atoms with Crippen LogP contribution >= 0.6 is 0 Å². The molecule has 1 aromatic carbocycles. The molecule has 3 atom stereocenters. The maximum atomic E-state index is 2.40. The minimum atomic E-state index is 0.999. The van der Waals surface area contributed by atoms with Crippen molar-refractivity contribution >= 4 is 0 Å². The van der Waals surface area contributed by atoms with E-state index in [1.165, 1.54) is 76.2 Å². The molecule has 1 fully saturated rings. The lowest BCUT2D eigenvalue weighted by molar-refractivity contribution is 0.273. The highest BCUT2D eigenvalue weighted by atomic mass is 14.4. The second-order valence-corrected chi connectivity index (χ2v) is 7.94. The lowest BCUT2D eigenvalue weighted by Gasteiger charge is -2.32. The van der Waals surface area contributed by atoms with Crippen LogP contribution in [0.2, 0.25) is 0 Å². The largest absolute Gasteiger partial charge is 0.0654 e. The summed E-state index contributed by atoms with van der Waals surface area (Å²) >= 11 is 0. The van der Waals surface area contributed by atoms with Crippen LogP contribution in [0.5, 0.6) is 0 Å². The third-order valence-electron chi connectivity index (χ3n) is 6.48. The smallest absolute Gasteiger partial charge is 0.0242 e. The van der Waals surface area contributed by atoms with Gasteiger partial charge in [0.15, 0.2) is 0 Å². The average Bonchev–Trinajstić information content (AvgIpc) is 2.92. The molecule has 1 saturated carbocycles. The van der Waals surface area contributed by atoms with E-state index in [2.05, 4.69) is 32.0 Å². The summed E-state index contributed by atoms with van der Waals surface area (Å²) in [7, 11) is 0. The van der Waals surface area contributed by atoms with Gasteiger partial charge in [-0.1, -0.05) is 70.1 Å². The Hall–Kier alpha value is -0.780. The van der Waals surface area contributed by atoms with Crippen LogP contribution in [0.25, 0.3) is 0 Å². The van der Waals surface area contributed by atoms with Gasteiger partial charge >= 0.3 is 0 Å². The molecule has 122 valence electrons. The van der Waals surface area contributed by atoms with Gasteiger partial charge in [-0.25, -0.2) is 0 Å². The van der Waals surface area contributed by atoms with E-state index < -0.39 is 0 Å². The first-order valence-corrected chi connectivity index (χ1v) is 9.87. The Bertz CT molecular complexity index is 473. The molecule has 0 nitrogen and oxygen atoms in total. The molecule has 1 aromatic rings. The van der Waals surface area contributed by atoms with Crippen molar-refractivity contribution in [1.29, 1.82) is 0 Å². The second kappa shape index (κ2) is 7.66. The zero-order valence-electron chi connectivity index (χ0n) is 14.7. The van der Waals surface area contributed by atoms with Gasteiger partial charge in [-0.2, -0.15) is 0 Å². The molecule has 0 aliphatic heterocycles. The van der Waals surface area contributed by atoms with E-state index in [0.29, 0.717) is 0 Å². The van der Waals surface area contributed by atoms with E-state index in [1.807, 2.05) is 0 Å². The van der Waals surface area contributed by atoms with Gasteiger partial charge in [0, 0.05) is 0 Å². The molecule has 0 heteroatoms. The number of rotatable bonds is 7. The van der Waals surface area contributed by atoms with Crippen molar-refractivity contribution in [2.24, 2.45) is 17.8 Å². The van der Waals surface area contributed by atoms with Gasteiger partial charge in [-0.3, -0.25) is 0 Å². The molecule has 0 bridgehead atoms. The Morgan fingerprint density at radius 2 is 1.77 bits per heavy atom. The molecule has 0 heterocycles. The van der Waals surface area contributed by atoms with Crippen molar-refractivity contribution in [1.82, 2.24) is 0 Å². The molecule has 22 heavy (non-hydrogen) atoms. The first-order valence-electron chi connectivity index (χ1n) is 9.87. The molecule has 0 aromatic heterocycles. The summed E-state index contributed by atoms with van der Waals surface area (Å²) < 4.78 is 0. The van der Waals surface area contributed by atoms with Gasteiger partial charge < -0.3 is 0 Å². The van der Waals surface area contributed by atoms with Crippen LogP contribution in [0.15, 0.2) is 18.2 Å². The Morgan fingerprint density at radius 1 is 0.955 bits per heavy atom. The standard InChI is InChI=1S/C22H34/c1-3-4-5-6-7-8-11-18-13-14-20-15-21-17(2)10-9-12-19(21)16-22(18)20/h9-10,12,18,20,22H,3-8,11,13-16H2,1-2H3. The summed E-state index contributed by atoms with van der Waals surface area (Å²) in [5, 5.41) is 0. The van der Waals surface area contributed by atoms with Crippen molar-refractivity contribution in [2.45, 2.75) is 84.5 Å². The maximum absolute atomic E-state index is 2.40. The van der Waals surface area contributed by atoms with Gasteiger partial charge in [0.1, 0.15) is 0 Å². The molecule has 0 radical (unpaired) electrons. The fourth-order valence-corrected chi connectivity index (χ4v) is 5.14. The van der Waals surface area contributed by atoms with Crippen molar-refractivity contribution in [3.8, 4) is 0 Å². The second-order valence-electron chi connectivity index (χ2n) is 7.94. The third-order valence-corrected chi connectivity index (χ3v) is 6.48. The minimum absolute atomic E-state index is 0.999. The summed E-state index contributed by atoms with van der Waals surface area (Å²) in [5.41, 5.74) is 4.91. The zero-order chi connectivity index (χ0) is 15.4. The van der Waals surface area contributed by atoms with Crippen LogP contribution in [0.1, 0.15) is 81.4 Å². The predicted octanol–water partition coefficient (Wildman–Crippen LogP) is 6.49. The molecule has 2 aliphatic rings.